The van der Waals surface area contributed by atoms with Crippen molar-refractivity contribution in [2.75, 3.05) is 12.3 Å². The van der Waals surface area contributed by atoms with Crippen LogP contribution in [0.25, 0.3) is 0 Å². The molecule has 4 heteroatoms. The normalized spacial score (nSPS) is 10.0. The van der Waals surface area contributed by atoms with Crippen molar-refractivity contribution < 1.29 is 9.53 Å². The van der Waals surface area contributed by atoms with Crippen LogP contribution in [-0.2, 0) is 17.8 Å². The molecule has 104 valence electrons. The lowest BCUT2D eigenvalue weighted by atomic mass is 10.1. The second kappa shape index (κ2) is 7.19. The van der Waals surface area contributed by atoms with Crippen LogP contribution in [0.3, 0.4) is 0 Å². The fraction of sp³-hybridized carbons (Fsp3) is 0.188. The van der Waals surface area contributed by atoms with Crippen LogP contribution < -0.4 is 11.1 Å². The summed E-state index contributed by atoms with van der Waals surface area (Å²) in [6, 6.07) is 17.2. The molecule has 0 aliphatic rings. The van der Waals surface area contributed by atoms with E-state index in [1.54, 1.807) is 0 Å². The Kier molecular flexibility index (Phi) is 5.00. The molecule has 0 saturated heterocycles. The number of amides is 1. The number of hydrogen-bond acceptors (Lipinski definition) is 3. The first-order valence-electron chi connectivity index (χ1n) is 6.53. The summed E-state index contributed by atoms with van der Waals surface area (Å²) < 4.78 is 5.11. The van der Waals surface area contributed by atoms with Gasteiger partial charge in [0.15, 0.2) is 0 Å². The predicted molar refractivity (Wildman–Crippen MR) is 79.2 cm³/mol. The summed E-state index contributed by atoms with van der Waals surface area (Å²) in [5.41, 5.74) is 8.56. The number of para-hydroxylation sites is 1. The second-order valence-corrected chi connectivity index (χ2v) is 4.44. The highest BCUT2D eigenvalue weighted by atomic mass is 16.5. The summed E-state index contributed by atoms with van der Waals surface area (Å²) in [5, 5.41) is 2.71. The third-order valence-corrected chi connectivity index (χ3v) is 2.93. The van der Waals surface area contributed by atoms with Crippen molar-refractivity contribution in [3.8, 4) is 0 Å². The molecule has 0 spiro atoms. The quantitative estimate of drug-likeness (QED) is 0.821. The first-order valence-corrected chi connectivity index (χ1v) is 6.53. The van der Waals surface area contributed by atoms with Crippen molar-refractivity contribution in [3.05, 3.63) is 65.7 Å². The Balaban J connectivity index is 1.69. The van der Waals surface area contributed by atoms with Crippen LogP contribution in [0.1, 0.15) is 11.1 Å². The Morgan fingerprint density at radius 3 is 2.50 bits per heavy atom. The summed E-state index contributed by atoms with van der Waals surface area (Å²) in [6.45, 7) is 0.780. The summed E-state index contributed by atoms with van der Waals surface area (Å²) in [6.07, 6.45) is 0.274. The molecule has 0 aliphatic carbocycles. The number of ether oxygens (including phenoxy) is 1. The summed E-state index contributed by atoms with van der Waals surface area (Å²) in [4.78, 5) is 11.5. The molecular formula is C16H18N2O2. The molecule has 0 aromatic heterocycles. The van der Waals surface area contributed by atoms with E-state index in [1.807, 2.05) is 54.6 Å². The zero-order chi connectivity index (χ0) is 14.2. The first kappa shape index (κ1) is 13.9. The van der Waals surface area contributed by atoms with E-state index in [-0.39, 0.29) is 6.61 Å². The smallest absolute Gasteiger partial charge is 0.407 e. The van der Waals surface area contributed by atoms with Crippen molar-refractivity contribution in [2.24, 2.45) is 0 Å². The fourth-order valence-electron chi connectivity index (χ4n) is 1.84. The highest BCUT2D eigenvalue weighted by Crippen LogP contribution is 2.10. The van der Waals surface area contributed by atoms with Gasteiger partial charge in [-0.3, -0.25) is 0 Å². The molecule has 4 nitrogen and oxygen atoms in total. The highest BCUT2D eigenvalue weighted by molar-refractivity contribution is 5.67. The number of benzene rings is 2. The van der Waals surface area contributed by atoms with E-state index in [0.717, 1.165) is 16.8 Å². The molecule has 0 radical (unpaired) electrons. The molecule has 0 saturated carbocycles. The maximum Gasteiger partial charge on any atom is 0.407 e. The predicted octanol–water partition coefficient (Wildman–Crippen LogP) is 2.74. The second-order valence-electron chi connectivity index (χ2n) is 4.44. The Hall–Kier alpha value is -2.49. The van der Waals surface area contributed by atoms with Gasteiger partial charge < -0.3 is 15.8 Å². The minimum absolute atomic E-state index is 0.278. The zero-order valence-corrected chi connectivity index (χ0v) is 11.2. The van der Waals surface area contributed by atoms with Crippen LogP contribution in [0.4, 0.5) is 10.5 Å². The first-order chi connectivity index (χ1) is 9.75. The maximum atomic E-state index is 11.5. The summed E-state index contributed by atoms with van der Waals surface area (Å²) >= 11 is 0. The molecule has 3 N–H and O–H groups in total. The summed E-state index contributed by atoms with van der Waals surface area (Å²) in [5.74, 6) is 0. The minimum atomic E-state index is -0.414. The van der Waals surface area contributed by atoms with Gasteiger partial charge in [0, 0.05) is 12.2 Å². The van der Waals surface area contributed by atoms with E-state index in [0.29, 0.717) is 13.0 Å². The number of carbonyl (C=O) groups excluding carboxylic acids is 1. The molecule has 0 atom stereocenters. The average molecular weight is 270 g/mol. The molecule has 0 fully saturated rings. The summed E-state index contributed by atoms with van der Waals surface area (Å²) in [7, 11) is 0. The Morgan fingerprint density at radius 2 is 1.75 bits per heavy atom. The largest absolute Gasteiger partial charge is 0.445 e. The van der Waals surface area contributed by atoms with Crippen LogP contribution in [0.15, 0.2) is 54.6 Å². The number of nitrogens with one attached hydrogen (secondary N) is 1. The number of nitrogen functional groups attached to an aromatic ring is 1. The third kappa shape index (κ3) is 4.31. The van der Waals surface area contributed by atoms with Crippen molar-refractivity contribution in [2.45, 2.75) is 13.0 Å². The van der Waals surface area contributed by atoms with Crippen molar-refractivity contribution >= 4 is 11.8 Å². The highest BCUT2D eigenvalue weighted by Gasteiger charge is 2.03. The molecule has 0 unspecified atom stereocenters. The van der Waals surface area contributed by atoms with Gasteiger partial charge in [0.2, 0.25) is 0 Å². The zero-order valence-electron chi connectivity index (χ0n) is 11.2. The van der Waals surface area contributed by atoms with Crippen LogP contribution in [0.5, 0.6) is 0 Å². The van der Waals surface area contributed by atoms with Crippen molar-refractivity contribution in [3.63, 3.8) is 0 Å². The Morgan fingerprint density at radius 1 is 1.05 bits per heavy atom. The lowest BCUT2D eigenvalue weighted by Crippen LogP contribution is -2.26. The van der Waals surface area contributed by atoms with Crippen molar-refractivity contribution in [1.29, 1.82) is 0 Å². The van der Waals surface area contributed by atoms with Gasteiger partial charge in [0.1, 0.15) is 6.61 Å². The van der Waals surface area contributed by atoms with Gasteiger partial charge in [0.25, 0.3) is 0 Å². The van der Waals surface area contributed by atoms with E-state index < -0.39 is 6.09 Å². The molecular weight excluding hydrogens is 252 g/mol. The Bertz CT molecular complexity index is 555. The fourth-order valence-corrected chi connectivity index (χ4v) is 1.84. The van der Waals surface area contributed by atoms with Crippen LogP contribution in [-0.4, -0.2) is 12.6 Å². The van der Waals surface area contributed by atoms with Crippen molar-refractivity contribution in [1.82, 2.24) is 5.32 Å². The minimum Gasteiger partial charge on any atom is -0.445 e. The molecule has 20 heavy (non-hydrogen) atoms. The average Bonchev–Trinajstić information content (AvgIpc) is 2.48. The van der Waals surface area contributed by atoms with E-state index in [1.165, 1.54) is 0 Å². The topological polar surface area (TPSA) is 64.3 Å². The molecule has 0 aliphatic heterocycles. The Labute approximate surface area is 118 Å². The molecule has 2 aromatic carbocycles. The number of rotatable bonds is 5. The third-order valence-electron chi connectivity index (χ3n) is 2.93. The van der Waals surface area contributed by atoms with Crippen LogP contribution in [0, 0.1) is 0 Å². The number of anilines is 1. The number of alkyl carbamates (subject to hydrolysis) is 1. The van der Waals surface area contributed by atoms with Gasteiger partial charge in [-0.1, -0.05) is 48.5 Å². The van der Waals surface area contributed by atoms with E-state index in [4.69, 9.17) is 10.5 Å². The molecule has 0 bridgehead atoms. The monoisotopic (exact) mass is 270 g/mol. The van der Waals surface area contributed by atoms with Crippen LogP contribution in [0.2, 0.25) is 0 Å². The van der Waals surface area contributed by atoms with Crippen LogP contribution >= 0.6 is 0 Å². The lowest BCUT2D eigenvalue weighted by Gasteiger charge is -2.08. The molecule has 2 aromatic rings. The SMILES string of the molecule is Nc1ccccc1CCNC(=O)OCc1ccccc1. The van der Waals surface area contributed by atoms with Gasteiger partial charge >= 0.3 is 6.09 Å². The number of carbonyl (C=O) groups is 1. The van der Waals surface area contributed by atoms with Gasteiger partial charge in [-0.05, 0) is 23.6 Å². The number of nitrogens with two attached hydrogens (primary N) is 1. The van der Waals surface area contributed by atoms with Gasteiger partial charge in [0.05, 0.1) is 0 Å². The lowest BCUT2D eigenvalue weighted by molar-refractivity contribution is 0.140. The molecule has 0 heterocycles. The maximum absolute atomic E-state index is 11.5. The molecule has 1 amide bonds. The van der Waals surface area contributed by atoms with E-state index >= 15 is 0 Å². The van der Waals surface area contributed by atoms with Gasteiger partial charge in [-0.15, -0.1) is 0 Å². The van der Waals surface area contributed by atoms with E-state index in [9.17, 15) is 4.79 Å². The van der Waals surface area contributed by atoms with Gasteiger partial charge in [-0.25, -0.2) is 4.79 Å². The number of hydrogen-bond donors (Lipinski definition) is 2. The van der Waals surface area contributed by atoms with Gasteiger partial charge in [-0.2, -0.15) is 0 Å². The van der Waals surface area contributed by atoms with E-state index in [2.05, 4.69) is 5.32 Å². The molecule has 2 rings (SSSR count). The standard InChI is InChI=1S/C16H18N2O2/c17-15-9-5-4-8-14(15)10-11-18-16(19)20-12-13-6-2-1-3-7-13/h1-9H,10-12,17H2,(H,18,19).